The zero-order chi connectivity index (χ0) is 14.8. The van der Waals surface area contributed by atoms with Crippen molar-refractivity contribution in [2.24, 2.45) is 5.84 Å². The molecule has 21 heavy (non-hydrogen) atoms. The van der Waals surface area contributed by atoms with Crippen molar-refractivity contribution in [1.82, 2.24) is 15.2 Å². The molecule has 1 aliphatic rings. The fraction of sp³-hybridized carbons (Fsp3) is 0.533. The maximum atomic E-state index is 6.33. The number of hydrogen-bond acceptors (Lipinski definition) is 4. The molecule has 1 unspecified atom stereocenters. The standard InChI is InChI=1S/C15H21ClN4S/c1-2-20-15(11(16)9-18-20)14(19-17)13-8-10-6-4-3-5-7-12(10)21-13/h8-9,14,19H,2-7,17H2,1H3. The van der Waals surface area contributed by atoms with Gasteiger partial charge in [-0.05, 0) is 44.2 Å². The molecular formula is C15H21ClN4S. The first-order valence-electron chi connectivity index (χ1n) is 7.53. The molecule has 0 radical (unpaired) electrons. The smallest absolute Gasteiger partial charge is 0.0985 e. The van der Waals surface area contributed by atoms with E-state index < -0.39 is 0 Å². The Labute approximate surface area is 134 Å². The first-order chi connectivity index (χ1) is 10.2. The Kier molecular flexibility index (Phi) is 4.64. The van der Waals surface area contributed by atoms with Crippen LogP contribution in [0.1, 0.15) is 53.2 Å². The quantitative estimate of drug-likeness (QED) is 0.514. The van der Waals surface area contributed by atoms with Crippen molar-refractivity contribution >= 4 is 22.9 Å². The number of thiophene rings is 1. The van der Waals surface area contributed by atoms with Gasteiger partial charge in [0.1, 0.15) is 0 Å². The molecule has 1 aliphatic carbocycles. The second-order valence-corrected chi connectivity index (χ2v) is 7.03. The highest BCUT2D eigenvalue weighted by Crippen LogP contribution is 2.36. The number of rotatable bonds is 4. The van der Waals surface area contributed by atoms with Crippen molar-refractivity contribution in [2.75, 3.05) is 0 Å². The van der Waals surface area contributed by atoms with Gasteiger partial charge >= 0.3 is 0 Å². The monoisotopic (exact) mass is 324 g/mol. The summed E-state index contributed by atoms with van der Waals surface area (Å²) < 4.78 is 1.91. The summed E-state index contributed by atoms with van der Waals surface area (Å²) in [5.41, 5.74) is 5.37. The van der Waals surface area contributed by atoms with Crippen molar-refractivity contribution in [3.8, 4) is 0 Å². The Morgan fingerprint density at radius 2 is 2.24 bits per heavy atom. The Hall–Kier alpha value is -0.880. The van der Waals surface area contributed by atoms with E-state index in [1.165, 1.54) is 47.4 Å². The molecule has 0 amide bonds. The topological polar surface area (TPSA) is 55.9 Å². The van der Waals surface area contributed by atoms with E-state index in [0.717, 1.165) is 12.2 Å². The molecule has 6 heteroatoms. The minimum Gasteiger partial charge on any atom is -0.270 e. The number of halogens is 1. The number of hydrogen-bond donors (Lipinski definition) is 2. The Bertz CT molecular complexity index is 596. The first kappa shape index (κ1) is 15.0. The van der Waals surface area contributed by atoms with Gasteiger partial charge in [-0.3, -0.25) is 10.5 Å². The lowest BCUT2D eigenvalue weighted by molar-refractivity contribution is 0.548. The van der Waals surface area contributed by atoms with Crippen molar-refractivity contribution in [1.29, 1.82) is 0 Å². The van der Waals surface area contributed by atoms with Gasteiger partial charge in [-0.25, -0.2) is 5.43 Å². The van der Waals surface area contributed by atoms with Crippen LogP contribution in [-0.4, -0.2) is 9.78 Å². The van der Waals surface area contributed by atoms with Crippen molar-refractivity contribution in [3.05, 3.63) is 38.3 Å². The third kappa shape index (κ3) is 2.88. The van der Waals surface area contributed by atoms with E-state index in [2.05, 4.69) is 23.5 Å². The Morgan fingerprint density at radius 3 is 3.00 bits per heavy atom. The summed E-state index contributed by atoms with van der Waals surface area (Å²) in [6.07, 6.45) is 7.99. The van der Waals surface area contributed by atoms with Gasteiger partial charge in [-0.1, -0.05) is 18.0 Å². The molecule has 0 aromatic carbocycles. The third-order valence-corrected chi connectivity index (χ3v) is 5.72. The minimum atomic E-state index is -0.0862. The predicted molar refractivity (Wildman–Crippen MR) is 87.7 cm³/mol. The molecule has 3 N–H and O–H groups in total. The van der Waals surface area contributed by atoms with E-state index >= 15 is 0 Å². The largest absolute Gasteiger partial charge is 0.270 e. The highest BCUT2D eigenvalue weighted by molar-refractivity contribution is 7.12. The molecule has 0 aliphatic heterocycles. The number of nitrogens with one attached hydrogen (secondary N) is 1. The van der Waals surface area contributed by atoms with Crippen LogP contribution in [0.15, 0.2) is 12.3 Å². The van der Waals surface area contributed by atoms with Crippen LogP contribution in [0.2, 0.25) is 5.02 Å². The van der Waals surface area contributed by atoms with Crippen LogP contribution in [0, 0.1) is 0 Å². The number of aromatic nitrogens is 2. The molecule has 3 rings (SSSR count). The summed E-state index contributed by atoms with van der Waals surface area (Å²) in [5, 5.41) is 4.99. The Morgan fingerprint density at radius 1 is 1.43 bits per heavy atom. The molecule has 2 aromatic heterocycles. The van der Waals surface area contributed by atoms with Gasteiger partial charge in [-0.15, -0.1) is 11.3 Å². The van der Waals surface area contributed by atoms with Crippen LogP contribution in [0.3, 0.4) is 0 Å². The van der Waals surface area contributed by atoms with Crippen molar-refractivity contribution in [2.45, 2.75) is 51.6 Å². The van der Waals surface area contributed by atoms with Gasteiger partial charge in [0.2, 0.25) is 0 Å². The molecule has 0 bridgehead atoms. The highest BCUT2D eigenvalue weighted by atomic mass is 35.5. The number of aryl methyl sites for hydroxylation is 3. The summed E-state index contributed by atoms with van der Waals surface area (Å²) in [6.45, 7) is 2.84. The molecule has 0 saturated carbocycles. The van der Waals surface area contributed by atoms with Gasteiger partial charge in [0, 0.05) is 16.3 Å². The van der Waals surface area contributed by atoms with E-state index in [4.69, 9.17) is 17.4 Å². The fourth-order valence-electron chi connectivity index (χ4n) is 3.04. The molecule has 0 fully saturated rings. The lowest BCUT2D eigenvalue weighted by Gasteiger charge is -2.16. The van der Waals surface area contributed by atoms with E-state index in [0.29, 0.717) is 5.02 Å². The minimum absolute atomic E-state index is 0.0862. The predicted octanol–water partition coefficient (Wildman–Crippen LogP) is 3.44. The second-order valence-electron chi connectivity index (χ2n) is 5.45. The van der Waals surface area contributed by atoms with Crippen LogP contribution >= 0.6 is 22.9 Å². The highest BCUT2D eigenvalue weighted by Gasteiger charge is 2.24. The molecule has 114 valence electrons. The molecule has 2 heterocycles. The van der Waals surface area contributed by atoms with Crippen LogP contribution in [0.25, 0.3) is 0 Å². The normalized spacial score (nSPS) is 16.5. The van der Waals surface area contributed by atoms with Crippen molar-refractivity contribution < 1.29 is 0 Å². The van der Waals surface area contributed by atoms with E-state index in [-0.39, 0.29) is 6.04 Å². The summed E-state index contributed by atoms with van der Waals surface area (Å²) in [7, 11) is 0. The van der Waals surface area contributed by atoms with Gasteiger partial charge in [0.15, 0.2) is 0 Å². The zero-order valence-corrected chi connectivity index (χ0v) is 13.8. The summed E-state index contributed by atoms with van der Waals surface area (Å²) in [6, 6.07) is 2.22. The van der Waals surface area contributed by atoms with Crippen LogP contribution in [-0.2, 0) is 19.4 Å². The van der Waals surface area contributed by atoms with Crippen LogP contribution < -0.4 is 11.3 Å². The third-order valence-electron chi connectivity index (χ3n) is 4.12. The number of nitrogens with zero attached hydrogens (tertiary/aromatic N) is 2. The van der Waals surface area contributed by atoms with Gasteiger partial charge in [-0.2, -0.15) is 5.10 Å². The number of fused-ring (bicyclic) bond motifs is 1. The average molecular weight is 325 g/mol. The van der Waals surface area contributed by atoms with E-state index in [9.17, 15) is 0 Å². The summed E-state index contributed by atoms with van der Waals surface area (Å²) in [5.74, 6) is 5.83. The lowest BCUT2D eigenvalue weighted by atomic mass is 10.1. The van der Waals surface area contributed by atoms with Gasteiger partial charge in [0.05, 0.1) is 23.0 Å². The Balaban J connectivity index is 1.98. The molecule has 0 saturated heterocycles. The lowest BCUT2D eigenvalue weighted by Crippen LogP contribution is -2.30. The molecule has 4 nitrogen and oxygen atoms in total. The average Bonchev–Trinajstić information content (AvgIpc) is 2.98. The number of hydrazine groups is 1. The number of nitrogens with two attached hydrogens (primary N) is 1. The van der Waals surface area contributed by atoms with E-state index in [1.807, 2.05) is 16.0 Å². The van der Waals surface area contributed by atoms with Crippen LogP contribution in [0.5, 0.6) is 0 Å². The molecule has 1 atom stereocenters. The molecule has 0 spiro atoms. The molecular weight excluding hydrogens is 304 g/mol. The van der Waals surface area contributed by atoms with Crippen molar-refractivity contribution in [3.63, 3.8) is 0 Å². The maximum absolute atomic E-state index is 6.33. The molecule has 2 aromatic rings. The first-order valence-corrected chi connectivity index (χ1v) is 8.72. The summed E-state index contributed by atoms with van der Waals surface area (Å²) in [4.78, 5) is 2.75. The van der Waals surface area contributed by atoms with Gasteiger partial charge < -0.3 is 0 Å². The maximum Gasteiger partial charge on any atom is 0.0985 e. The van der Waals surface area contributed by atoms with E-state index in [1.54, 1.807) is 6.20 Å². The van der Waals surface area contributed by atoms with Gasteiger partial charge in [0.25, 0.3) is 0 Å². The zero-order valence-electron chi connectivity index (χ0n) is 12.2. The fourth-order valence-corrected chi connectivity index (χ4v) is 4.61. The SMILES string of the molecule is CCn1ncc(Cl)c1C(NN)c1cc2c(s1)CCCCC2. The van der Waals surface area contributed by atoms with Crippen LogP contribution in [0.4, 0.5) is 0 Å². The summed E-state index contributed by atoms with van der Waals surface area (Å²) >= 11 is 8.19. The second kappa shape index (κ2) is 6.48.